The molecule has 0 spiro atoms. The second-order valence-corrected chi connectivity index (χ2v) is 6.29. The summed E-state index contributed by atoms with van der Waals surface area (Å²) >= 11 is 0. The third kappa shape index (κ3) is 3.08. The van der Waals surface area contributed by atoms with Crippen LogP contribution in [0.25, 0.3) is 0 Å². The molecule has 2 heterocycles. The van der Waals surface area contributed by atoms with Gasteiger partial charge in [-0.15, -0.1) is 0 Å². The van der Waals surface area contributed by atoms with E-state index in [1.807, 2.05) is 0 Å². The van der Waals surface area contributed by atoms with Gasteiger partial charge in [-0.25, -0.2) is 0 Å². The molecule has 2 saturated carbocycles. The van der Waals surface area contributed by atoms with Gasteiger partial charge >= 0.3 is 5.97 Å². The van der Waals surface area contributed by atoms with E-state index < -0.39 is 5.97 Å². The fourth-order valence-corrected chi connectivity index (χ4v) is 2.97. The third-order valence-electron chi connectivity index (χ3n) is 4.45. The van der Waals surface area contributed by atoms with Gasteiger partial charge in [0.05, 0.1) is 5.92 Å². The first-order valence-electron chi connectivity index (χ1n) is 7.39. The number of fused-ring (bicyclic) bond motifs is 2. The number of likely N-dealkylation sites (tertiary alicyclic amines) is 1. The molecule has 0 aromatic carbocycles. The van der Waals surface area contributed by atoms with Crippen LogP contribution >= 0.6 is 0 Å². The number of carboxylic acid groups (broad SMARTS) is 1. The highest BCUT2D eigenvalue weighted by molar-refractivity contribution is 5.81. The molecule has 0 aromatic heterocycles. The molecule has 0 radical (unpaired) electrons. The Balaban J connectivity index is 0.000000155. The molecule has 2 bridgehead atoms. The maximum atomic E-state index is 11.8. The molecule has 19 heavy (non-hydrogen) atoms. The summed E-state index contributed by atoms with van der Waals surface area (Å²) in [5.41, 5.74) is 0. The Bertz CT molecular complexity index is 377. The molecular weight excluding hydrogens is 244 g/mol. The number of nitrogens with one attached hydrogen (secondary N) is 1. The predicted molar refractivity (Wildman–Crippen MR) is 69.6 cm³/mol. The van der Waals surface area contributed by atoms with Crippen molar-refractivity contribution in [3.63, 3.8) is 0 Å². The monoisotopic (exact) mass is 266 g/mol. The fourth-order valence-electron chi connectivity index (χ4n) is 2.97. The normalized spacial score (nSPS) is 32.5. The smallest absolute Gasteiger partial charge is 0.306 e. The predicted octanol–water partition coefficient (Wildman–Crippen LogP) is 0.698. The molecule has 4 fully saturated rings. The molecular formula is C14H22N2O3. The fraction of sp³-hybridized carbons (Fsp3) is 0.857. The number of hydrogen-bond donors (Lipinski definition) is 2. The van der Waals surface area contributed by atoms with Gasteiger partial charge in [-0.05, 0) is 44.6 Å². The Morgan fingerprint density at radius 3 is 2.21 bits per heavy atom. The lowest BCUT2D eigenvalue weighted by atomic mass is 10.0. The summed E-state index contributed by atoms with van der Waals surface area (Å²) in [4.78, 5) is 23.8. The zero-order valence-electron chi connectivity index (χ0n) is 11.2. The average molecular weight is 266 g/mol. The molecule has 2 atom stereocenters. The minimum absolute atomic E-state index is 0.0185. The van der Waals surface area contributed by atoms with Gasteiger partial charge in [0.25, 0.3) is 0 Å². The van der Waals surface area contributed by atoms with Crippen LogP contribution in [0.15, 0.2) is 0 Å². The Morgan fingerprint density at radius 2 is 1.74 bits per heavy atom. The zero-order chi connectivity index (χ0) is 13.4. The molecule has 2 N–H and O–H groups in total. The molecule has 1 amide bonds. The third-order valence-corrected chi connectivity index (χ3v) is 4.45. The van der Waals surface area contributed by atoms with E-state index >= 15 is 0 Å². The standard InChI is InChI=1S/C10H16N2O.C4H6O2/c13-10(8-1-2-8)12-6-7-3-9(12)5-11-4-7;5-4(6)3-1-2-3/h7-9,11H,1-6H2;3H,1-2H2,(H,5,6)/t7-,9+;/m0./s1. The van der Waals surface area contributed by atoms with Crippen LogP contribution in [0.4, 0.5) is 0 Å². The first-order chi connectivity index (χ1) is 9.15. The van der Waals surface area contributed by atoms with Crippen LogP contribution < -0.4 is 5.32 Å². The topological polar surface area (TPSA) is 69.6 Å². The average Bonchev–Trinajstić information content (AvgIpc) is 3.29. The number of carbonyl (C=O) groups is 2. The summed E-state index contributed by atoms with van der Waals surface area (Å²) in [6.07, 6.45) is 5.32. The molecule has 4 rings (SSSR count). The number of piperidine rings is 1. The number of aliphatic carboxylic acids is 1. The van der Waals surface area contributed by atoms with Crippen LogP contribution in [-0.4, -0.2) is 47.6 Å². The largest absolute Gasteiger partial charge is 0.481 e. The second kappa shape index (κ2) is 5.12. The number of carbonyl (C=O) groups excluding carboxylic acids is 1. The molecule has 106 valence electrons. The van der Waals surface area contributed by atoms with Crippen LogP contribution in [0.3, 0.4) is 0 Å². The summed E-state index contributed by atoms with van der Waals surface area (Å²) < 4.78 is 0. The Labute approximate surface area is 113 Å². The van der Waals surface area contributed by atoms with Crippen molar-refractivity contribution < 1.29 is 14.7 Å². The highest BCUT2D eigenvalue weighted by atomic mass is 16.4. The molecule has 4 aliphatic rings. The minimum atomic E-state index is -0.630. The Hall–Kier alpha value is -1.10. The van der Waals surface area contributed by atoms with Gasteiger partial charge < -0.3 is 15.3 Å². The van der Waals surface area contributed by atoms with E-state index in [0.29, 0.717) is 17.9 Å². The van der Waals surface area contributed by atoms with Crippen molar-refractivity contribution in [1.82, 2.24) is 10.2 Å². The number of nitrogens with zero attached hydrogens (tertiary/aromatic N) is 1. The van der Waals surface area contributed by atoms with Crippen molar-refractivity contribution in [2.45, 2.75) is 38.1 Å². The maximum absolute atomic E-state index is 11.8. The first-order valence-corrected chi connectivity index (χ1v) is 7.39. The number of carboxylic acids is 1. The van der Waals surface area contributed by atoms with E-state index in [4.69, 9.17) is 5.11 Å². The lowest BCUT2D eigenvalue weighted by Gasteiger charge is -2.24. The van der Waals surface area contributed by atoms with Crippen LogP contribution in [-0.2, 0) is 9.59 Å². The lowest BCUT2D eigenvalue weighted by molar-refractivity contribution is -0.138. The van der Waals surface area contributed by atoms with Crippen molar-refractivity contribution in [2.24, 2.45) is 17.8 Å². The summed E-state index contributed by atoms with van der Waals surface area (Å²) in [5, 5.41) is 11.5. The lowest BCUT2D eigenvalue weighted by Crippen LogP contribution is -2.42. The highest BCUT2D eigenvalue weighted by Gasteiger charge is 2.42. The molecule has 2 aliphatic carbocycles. The molecule has 0 unspecified atom stereocenters. The van der Waals surface area contributed by atoms with E-state index in [2.05, 4.69) is 10.2 Å². The van der Waals surface area contributed by atoms with Crippen molar-refractivity contribution in [2.75, 3.05) is 19.6 Å². The molecule has 5 nitrogen and oxygen atoms in total. The SMILES string of the molecule is O=C(C1CC1)N1C[C@@H]2CNC[C@H]1C2.O=C(O)C1CC1. The molecule has 2 aliphatic heterocycles. The van der Waals surface area contributed by atoms with Crippen LogP contribution in [0, 0.1) is 17.8 Å². The van der Waals surface area contributed by atoms with Gasteiger partial charge in [0.15, 0.2) is 0 Å². The first kappa shape index (κ1) is 12.9. The maximum Gasteiger partial charge on any atom is 0.306 e. The summed E-state index contributed by atoms with van der Waals surface area (Å²) in [5.74, 6) is 0.969. The molecule has 2 saturated heterocycles. The van der Waals surface area contributed by atoms with Crippen molar-refractivity contribution in [3.05, 3.63) is 0 Å². The van der Waals surface area contributed by atoms with E-state index in [0.717, 1.165) is 51.2 Å². The van der Waals surface area contributed by atoms with Gasteiger partial charge in [-0.2, -0.15) is 0 Å². The minimum Gasteiger partial charge on any atom is -0.481 e. The molecule has 0 aromatic rings. The number of hydrogen-bond acceptors (Lipinski definition) is 3. The van der Waals surface area contributed by atoms with Crippen LogP contribution in [0.2, 0.25) is 0 Å². The summed E-state index contributed by atoms with van der Waals surface area (Å²) in [6, 6.07) is 0.520. The van der Waals surface area contributed by atoms with E-state index in [1.54, 1.807) is 0 Å². The second-order valence-electron chi connectivity index (χ2n) is 6.29. The molecule has 5 heteroatoms. The van der Waals surface area contributed by atoms with Crippen LogP contribution in [0.1, 0.15) is 32.1 Å². The van der Waals surface area contributed by atoms with E-state index in [1.165, 1.54) is 6.42 Å². The number of rotatable bonds is 2. The van der Waals surface area contributed by atoms with Gasteiger partial charge in [-0.3, -0.25) is 9.59 Å². The Morgan fingerprint density at radius 1 is 1.05 bits per heavy atom. The number of amides is 1. The van der Waals surface area contributed by atoms with Gasteiger partial charge in [-0.1, -0.05) is 0 Å². The van der Waals surface area contributed by atoms with Crippen molar-refractivity contribution >= 4 is 11.9 Å². The van der Waals surface area contributed by atoms with E-state index in [-0.39, 0.29) is 5.92 Å². The summed E-state index contributed by atoms with van der Waals surface area (Å²) in [6.45, 7) is 3.16. The zero-order valence-corrected chi connectivity index (χ0v) is 11.2. The van der Waals surface area contributed by atoms with E-state index in [9.17, 15) is 9.59 Å². The summed E-state index contributed by atoms with van der Waals surface area (Å²) in [7, 11) is 0. The quantitative estimate of drug-likeness (QED) is 0.772. The van der Waals surface area contributed by atoms with Gasteiger partial charge in [0.1, 0.15) is 0 Å². The van der Waals surface area contributed by atoms with Gasteiger partial charge in [0.2, 0.25) is 5.91 Å². The highest BCUT2D eigenvalue weighted by Crippen LogP contribution is 2.35. The van der Waals surface area contributed by atoms with Crippen molar-refractivity contribution in [3.8, 4) is 0 Å². The van der Waals surface area contributed by atoms with Gasteiger partial charge in [0, 0.05) is 25.0 Å². The Kier molecular flexibility index (Phi) is 3.48. The van der Waals surface area contributed by atoms with Crippen molar-refractivity contribution in [1.29, 1.82) is 0 Å². The van der Waals surface area contributed by atoms with Crippen LogP contribution in [0.5, 0.6) is 0 Å².